The van der Waals surface area contributed by atoms with Crippen LogP contribution in [0.5, 0.6) is 5.75 Å². The number of carbonyl (C=O) groups is 1. The van der Waals surface area contributed by atoms with Gasteiger partial charge < -0.3 is 14.4 Å². The molecule has 0 saturated carbocycles. The molecule has 0 N–H and O–H groups in total. The number of carbonyl (C=O) groups excluding carboxylic acids is 1. The van der Waals surface area contributed by atoms with Crippen molar-refractivity contribution in [2.75, 3.05) is 32.6 Å². The number of para-hydroxylation sites is 2. The number of ether oxygens (including phenoxy) is 2. The van der Waals surface area contributed by atoms with Crippen LogP contribution < -0.4 is 4.74 Å². The van der Waals surface area contributed by atoms with Crippen molar-refractivity contribution in [1.29, 1.82) is 0 Å². The summed E-state index contributed by atoms with van der Waals surface area (Å²) in [4.78, 5) is 28.6. The molecule has 10 heteroatoms. The van der Waals surface area contributed by atoms with Crippen LogP contribution in [0.15, 0.2) is 47.6 Å². The molecule has 150 valence electrons. The average Bonchev–Trinajstić information content (AvgIpc) is 3.30. The van der Waals surface area contributed by atoms with Crippen LogP contribution in [-0.4, -0.2) is 58.0 Å². The number of hydrogen-bond acceptors (Lipinski definition) is 7. The number of non-ortho nitro benzene ring substituents is 1. The van der Waals surface area contributed by atoms with Gasteiger partial charge in [-0.15, -0.1) is 0 Å². The van der Waals surface area contributed by atoms with Gasteiger partial charge in [-0.25, -0.2) is 9.78 Å². The van der Waals surface area contributed by atoms with Gasteiger partial charge >= 0.3 is 6.09 Å². The molecule has 2 aromatic carbocycles. The second kappa shape index (κ2) is 8.00. The minimum Gasteiger partial charge on any atom is -0.495 e. The molecular formula is C19H18N4O5S. The first-order chi connectivity index (χ1) is 14.1. The monoisotopic (exact) mass is 414 g/mol. The van der Waals surface area contributed by atoms with E-state index < -0.39 is 4.92 Å². The van der Waals surface area contributed by atoms with Gasteiger partial charge in [-0.3, -0.25) is 14.7 Å². The molecule has 1 aliphatic rings. The molecule has 1 amide bonds. The number of cyclic esters (lactones) is 1. The first-order valence-electron chi connectivity index (χ1n) is 8.93. The summed E-state index contributed by atoms with van der Waals surface area (Å²) in [5, 5.41) is 11.8. The van der Waals surface area contributed by atoms with Crippen molar-refractivity contribution < 1.29 is 19.2 Å². The van der Waals surface area contributed by atoms with Gasteiger partial charge in [-0.2, -0.15) is 0 Å². The van der Waals surface area contributed by atoms with E-state index >= 15 is 0 Å². The Morgan fingerprint density at radius 2 is 2.14 bits per heavy atom. The second-order valence-corrected chi connectivity index (χ2v) is 7.34. The molecular weight excluding hydrogens is 396 g/mol. The first kappa shape index (κ1) is 19.1. The van der Waals surface area contributed by atoms with Gasteiger partial charge in [0.05, 0.1) is 35.3 Å². The maximum absolute atomic E-state index is 11.6. The van der Waals surface area contributed by atoms with Crippen LogP contribution in [0.4, 0.5) is 10.5 Å². The number of nitro groups is 1. The molecule has 9 nitrogen and oxygen atoms in total. The van der Waals surface area contributed by atoms with E-state index in [0.29, 0.717) is 41.9 Å². The molecule has 0 bridgehead atoms. The summed E-state index contributed by atoms with van der Waals surface area (Å²) in [7, 11) is 1.59. The third-order valence-corrected chi connectivity index (χ3v) is 5.50. The molecule has 1 saturated heterocycles. The van der Waals surface area contributed by atoms with Gasteiger partial charge in [0, 0.05) is 24.4 Å². The first-order valence-corrected chi connectivity index (χ1v) is 9.92. The topological polar surface area (TPSA) is 99.7 Å². The molecule has 4 rings (SSSR count). The summed E-state index contributed by atoms with van der Waals surface area (Å²) in [6.07, 6.45) is -0.306. The van der Waals surface area contributed by atoms with Crippen molar-refractivity contribution in [3.05, 3.63) is 52.6 Å². The summed E-state index contributed by atoms with van der Waals surface area (Å²) >= 11 is 1.47. The lowest BCUT2D eigenvalue weighted by atomic mass is 10.2. The molecule has 1 aliphatic heterocycles. The van der Waals surface area contributed by atoms with Crippen LogP contribution in [0.2, 0.25) is 0 Å². The van der Waals surface area contributed by atoms with Gasteiger partial charge in [-0.05, 0) is 18.2 Å². The van der Waals surface area contributed by atoms with Crippen LogP contribution in [0.1, 0.15) is 0 Å². The van der Waals surface area contributed by atoms with Gasteiger partial charge in [0.1, 0.15) is 12.4 Å². The van der Waals surface area contributed by atoms with Crippen molar-refractivity contribution in [3.63, 3.8) is 0 Å². The molecule has 1 aromatic heterocycles. The van der Waals surface area contributed by atoms with Crippen LogP contribution in [-0.2, 0) is 4.74 Å². The number of thioether (sulfide) groups is 1. The predicted octanol–water partition coefficient (Wildman–Crippen LogP) is 3.49. The molecule has 29 heavy (non-hydrogen) atoms. The molecule has 0 unspecified atom stereocenters. The van der Waals surface area contributed by atoms with Crippen LogP contribution in [0.25, 0.3) is 16.7 Å². The largest absolute Gasteiger partial charge is 0.495 e. The lowest BCUT2D eigenvalue weighted by molar-refractivity contribution is -0.384. The predicted molar refractivity (Wildman–Crippen MR) is 108 cm³/mol. The molecule has 2 heterocycles. The Balaban J connectivity index is 1.72. The molecule has 0 atom stereocenters. The number of nitrogens with zero attached hydrogens (tertiary/aromatic N) is 4. The van der Waals surface area contributed by atoms with E-state index in [1.807, 2.05) is 28.8 Å². The van der Waals surface area contributed by atoms with E-state index in [0.717, 1.165) is 11.2 Å². The fraction of sp³-hybridized carbons (Fsp3) is 0.263. The number of fused-ring (bicyclic) bond motifs is 1. The van der Waals surface area contributed by atoms with Crippen molar-refractivity contribution in [3.8, 4) is 11.4 Å². The van der Waals surface area contributed by atoms with Gasteiger partial charge in [0.2, 0.25) is 0 Å². The number of imidazole rings is 1. The minimum absolute atomic E-state index is 0.0152. The number of rotatable bonds is 7. The lowest BCUT2D eigenvalue weighted by Crippen LogP contribution is -2.26. The smallest absolute Gasteiger partial charge is 0.409 e. The molecule has 1 fully saturated rings. The fourth-order valence-electron chi connectivity index (χ4n) is 3.18. The Hall–Kier alpha value is -3.27. The fourth-order valence-corrected chi connectivity index (χ4v) is 4.16. The summed E-state index contributed by atoms with van der Waals surface area (Å²) < 4.78 is 12.4. The molecule has 3 aromatic rings. The van der Waals surface area contributed by atoms with Crippen molar-refractivity contribution in [1.82, 2.24) is 14.5 Å². The van der Waals surface area contributed by atoms with Gasteiger partial charge in [0.25, 0.3) is 5.69 Å². The third kappa shape index (κ3) is 3.70. The van der Waals surface area contributed by atoms with Gasteiger partial charge in [0.15, 0.2) is 5.16 Å². The Labute approximate surface area is 170 Å². The van der Waals surface area contributed by atoms with E-state index in [4.69, 9.17) is 9.47 Å². The number of benzene rings is 2. The number of amides is 1. The van der Waals surface area contributed by atoms with E-state index in [2.05, 4.69) is 4.98 Å². The highest BCUT2D eigenvalue weighted by atomic mass is 32.2. The summed E-state index contributed by atoms with van der Waals surface area (Å²) in [5.74, 6) is 1.27. The van der Waals surface area contributed by atoms with E-state index in [1.165, 1.54) is 23.9 Å². The Morgan fingerprint density at radius 3 is 2.86 bits per heavy atom. The van der Waals surface area contributed by atoms with Gasteiger partial charge in [-0.1, -0.05) is 23.9 Å². The Bertz CT molecular complexity index is 1080. The Morgan fingerprint density at radius 1 is 1.31 bits per heavy atom. The van der Waals surface area contributed by atoms with E-state index in [9.17, 15) is 14.9 Å². The standard InChI is InChI=1S/C19H18N4O5S/c1-27-17-5-3-2-4-16(17)22-15-7-6-13(23(25)26)12-14(15)20-18(22)29-11-9-21-8-10-28-19(21)24/h2-7,12H,8-11H2,1H3. The van der Waals surface area contributed by atoms with Crippen LogP contribution in [0, 0.1) is 10.1 Å². The lowest BCUT2D eigenvalue weighted by Gasteiger charge is -2.14. The normalized spacial score (nSPS) is 13.7. The zero-order valence-corrected chi connectivity index (χ0v) is 16.4. The highest BCUT2D eigenvalue weighted by Crippen LogP contribution is 2.33. The SMILES string of the molecule is COc1ccccc1-n1c(SCCN2CCOC2=O)nc2cc([N+](=O)[O-])ccc21. The quantitative estimate of drug-likeness (QED) is 0.331. The van der Waals surface area contributed by atoms with Crippen LogP contribution >= 0.6 is 11.8 Å². The Kier molecular flexibility index (Phi) is 5.26. The maximum Gasteiger partial charge on any atom is 0.409 e. The zero-order chi connectivity index (χ0) is 20.4. The highest BCUT2D eigenvalue weighted by Gasteiger charge is 2.22. The minimum atomic E-state index is -0.437. The number of methoxy groups -OCH3 is 1. The van der Waals surface area contributed by atoms with E-state index in [-0.39, 0.29) is 11.8 Å². The number of hydrogen-bond donors (Lipinski definition) is 0. The van der Waals surface area contributed by atoms with Crippen molar-refractivity contribution in [2.24, 2.45) is 0 Å². The average molecular weight is 414 g/mol. The zero-order valence-electron chi connectivity index (χ0n) is 15.6. The number of nitro benzene ring substituents is 1. The summed E-state index contributed by atoms with van der Waals surface area (Å²) in [6.45, 7) is 1.51. The molecule has 0 spiro atoms. The second-order valence-electron chi connectivity index (χ2n) is 6.28. The van der Waals surface area contributed by atoms with Crippen molar-refractivity contribution in [2.45, 2.75) is 5.16 Å². The highest BCUT2D eigenvalue weighted by molar-refractivity contribution is 7.99. The third-order valence-electron chi connectivity index (χ3n) is 4.58. The molecule has 0 aliphatic carbocycles. The maximum atomic E-state index is 11.6. The summed E-state index contributed by atoms with van der Waals surface area (Å²) in [6, 6.07) is 12.1. The van der Waals surface area contributed by atoms with Crippen LogP contribution in [0.3, 0.4) is 0 Å². The summed E-state index contributed by atoms with van der Waals surface area (Å²) in [5.41, 5.74) is 2.03. The molecule has 0 radical (unpaired) electrons. The van der Waals surface area contributed by atoms with E-state index in [1.54, 1.807) is 18.1 Å². The van der Waals surface area contributed by atoms with Crippen molar-refractivity contribution >= 4 is 34.6 Å². The number of aromatic nitrogens is 2.